The molecule has 3 aliphatic carbocycles. The van der Waals surface area contributed by atoms with Crippen LogP contribution in [0, 0.1) is 10.8 Å². The summed E-state index contributed by atoms with van der Waals surface area (Å²) in [5.41, 5.74) is 2.15. The van der Waals surface area contributed by atoms with Gasteiger partial charge in [0.2, 0.25) is 28.0 Å². The van der Waals surface area contributed by atoms with Crippen LogP contribution in [0.3, 0.4) is 0 Å². The molecule has 15 heteroatoms. The van der Waals surface area contributed by atoms with Gasteiger partial charge in [-0.1, -0.05) is 19.9 Å². The molecule has 1 N–H and O–H groups in total. The minimum Gasteiger partial charge on any atom is -0.493 e. The van der Waals surface area contributed by atoms with E-state index in [2.05, 4.69) is 0 Å². The Balaban J connectivity index is 0.000000210. The first-order valence-corrected chi connectivity index (χ1v) is 21.3. The highest BCUT2D eigenvalue weighted by atomic mass is 16.6. The van der Waals surface area contributed by atoms with Gasteiger partial charge >= 0.3 is 11.9 Å². The molecule has 4 atom stereocenters. The minimum atomic E-state index is -1.39. The van der Waals surface area contributed by atoms with Gasteiger partial charge in [0.25, 0.3) is 0 Å². The maximum atomic E-state index is 13.9. The molecule has 2 bridgehead atoms. The lowest BCUT2D eigenvalue weighted by Crippen LogP contribution is -2.49. The van der Waals surface area contributed by atoms with Gasteiger partial charge in [-0.05, 0) is 116 Å². The molecule has 1 saturated heterocycles. The van der Waals surface area contributed by atoms with Gasteiger partial charge in [-0.2, -0.15) is 0 Å². The van der Waals surface area contributed by atoms with E-state index in [9.17, 15) is 24.3 Å². The molecule has 0 aromatic heterocycles. The molecule has 4 aromatic carbocycles. The molecule has 15 nitrogen and oxygen atoms in total. The van der Waals surface area contributed by atoms with Gasteiger partial charge in [0.1, 0.15) is 6.10 Å². The minimum absolute atomic E-state index is 0.144. The number of benzene rings is 2. The molecular weight excluding hydrogens is 841 g/mol. The zero-order chi connectivity index (χ0) is 47.2. The number of methoxy groups -OCH3 is 8. The first kappa shape index (κ1) is 46.5. The molecular formula is C50H56O15. The largest absolute Gasteiger partial charge is 0.493 e. The third-order valence-electron chi connectivity index (χ3n) is 14.0. The lowest BCUT2D eigenvalue weighted by atomic mass is 9.66. The molecule has 0 amide bonds. The number of ether oxygens (including phenoxy) is 10. The van der Waals surface area contributed by atoms with E-state index >= 15 is 0 Å². The van der Waals surface area contributed by atoms with Gasteiger partial charge in [0.05, 0.1) is 68.4 Å². The van der Waals surface area contributed by atoms with E-state index in [-0.39, 0.29) is 28.3 Å². The fourth-order valence-corrected chi connectivity index (χ4v) is 9.93. The van der Waals surface area contributed by atoms with Crippen LogP contribution in [-0.4, -0.2) is 79.5 Å². The quantitative estimate of drug-likeness (QED) is 0.159. The molecule has 346 valence electrons. The summed E-state index contributed by atoms with van der Waals surface area (Å²) in [6.45, 7) is 5.61. The number of esters is 2. The number of rotatable bonds is 10. The third kappa shape index (κ3) is 7.33. The van der Waals surface area contributed by atoms with Crippen LogP contribution in [-0.2, 0) is 31.9 Å². The summed E-state index contributed by atoms with van der Waals surface area (Å²) in [5.74, 6) is 2.25. The molecule has 0 radical (unpaired) electrons. The number of aliphatic hydroxyl groups excluding tert-OH is 1. The highest BCUT2D eigenvalue weighted by molar-refractivity contribution is 5.94. The van der Waals surface area contributed by atoms with E-state index in [4.69, 9.17) is 47.4 Å². The lowest BCUT2D eigenvalue weighted by Gasteiger charge is -2.35. The molecule has 2 fully saturated rings. The number of carbonyl (C=O) groups excluding carboxylic acids is 2. The fourth-order valence-electron chi connectivity index (χ4n) is 9.93. The molecule has 2 unspecified atom stereocenters. The van der Waals surface area contributed by atoms with Crippen molar-refractivity contribution >= 4 is 11.9 Å². The predicted octanol–water partition coefficient (Wildman–Crippen LogP) is 7.13. The summed E-state index contributed by atoms with van der Waals surface area (Å²) in [4.78, 5) is 52.2. The number of carbonyl (C=O) groups is 2. The van der Waals surface area contributed by atoms with Gasteiger partial charge < -0.3 is 52.5 Å². The molecule has 1 saturated carbocycles. The van der Waals surface area contributed by atoms with Crippen molar-refractivity contribution in [3.8, 4) is 68.2 Å². The first-order valence-electron chi connectivity index (χ1n) is 21.3. The van der Waals surface area contributed by atoms with Crippen molar-refractivity contribution in [3.63, 3.8) is 0 Å². The Bertz CT molecular complexity index is 2670. The molecule has 4 aliphatic rings. The molecule has 4 aromatic rings. The van der Waals surface area contributed by atoms with Crippen molar-refractivity contribution < 1.29 is 62.1 Å². The van der Waals surface area contributed by atoms with Crippen molar-refractivity contribution in [3.05, 3.63) is 91.2 Å². The average Bonchev–Trinajstić information content (AvgIpc) is 3.50. The van der Waals surface area contributed by atoms with E-state index < -0.39 is 34.6 Å². The van der Waals surface area contributed by atoms with Crippen LogP contribution in [0.15, 0.2) is 58.1 Å². The molecule has 65 heavy (non-hydrogen) atoms. The summed E-state index contributed by atoms with van der Waals surface area (Å²) in [6.07, 6.45) is 1.29. The Kier molecular flexibility index (Phi) is 12.8. The fraction of sp³-hybridized carbons (Fsp3) is 0.440. The zero-order valence-corrected chi connectivity index (χ0v) is 38.7. The van der Waals surface area contributed by atoms with Crippen LogP contribution in [0.1, 0.15) is 80.9 Å². The summed E-state index contributed by atoms with van der Waals surface area (Å²) in [6, 6.07) is 13.4. The molecule has 8 rings (SSSR count). The van der Waals surface area contributed by atoms with Crippen molar-refractivity contribution in [1.29, 1.82) is 0 Å². The Labute approximate surface area is 377 Å². The summed E-state index contributed by atoms with van der Waals surface area (Å²) in [5, 5.41) is 10.6. The van der Waals surface area contributed by atoms with Crippen molar-refractivity contribution in [2.24, 2.45) is 10.8 Å². The van der Waals surface area contributed by atoms with Crippen LogP contribution in [0.5, 0.6) is 46.0 Å². The highest BCUT2D eigenvalue weighted by Gasteiger charge is 2.76. The number of hydrogen-bond donors (Lipinski definition) is 1. The monoisotopic (exact) mass is 896 g/mol. The molecule has 1 heterocycles. The van der Waals surface area contributed by atoms with Crippen LogP contribution >= 0.6 is 0 Å². The van der Waals surface area contributed by atoms with E-state index in [0.29, 0.717) is 101 Å². The van der Waals surface area contributed by atoms with Gasteiger partial charge in [-0.3, -0.25) is 14.4 Å². The normalized spacial score (nSPS) is 21.8. The summed E-state index contributed by atoms with van der Waals surface area (Å²) < 4.78 is 56.1. The number of fused-ring (bicyclic) bond motifs is 8. The van der Waals surface area contributed by atoms with E-state index in [1.54, 1.807) is 52.7 Å². The topological polar surface area (TPSA) is 181 Å². The second kappa shape index (κ2) is 17.8. The number of aryl methyl sites for hydroxylation is 2. The number of hydrogen-bond acceptors (Lipinski definition) is 15. The van der Waals surface area contributed by atoms with Crippen molar-refractivity contribution in [2.45, 2.75) is 77.1 Å². The standard InChI is InChI=1S/C30H34O9.C20H22O6/c1-28(2)29(3)12-13-30(28,39-26(29)32)27(33)38-20-10-8-16-14-22(35-5)24(36-6)25(37-7)23(16)17-9-11-21(34-4)19(31)15-18(17)20;1-23-16-8-6-12-13(10-15(16)22)14(21)7-5-11-9-17(24-2)19(25-3)20(26-4)18(11)12/h9,11,14-15,20H,8,10,12-13H2,1-7H3;6,8-10,14,21H,5,7H2,1-4H3/t20-,29?,30?;14-/m11/s1. The van der Waals surface area contributed by atoms with Gasteiger partial charge in [0.15, 0.2) is 34.5 Å². The Morgan fingerprint density at radius 2 is 1.05 bits per heavy atom. The summed E-state index contributed by atoms with van der Waals surface area (Å²) >= 11 is 0. The number of aliphatic hydroxyl groups is 1. The highest BCUT2D eigenvalue weighted by Crippen LogP contribution is 2.66. The predicted molar refractivity (Wildman–Crippen MR) is 239 cm³/mol. The lowest BCUT2D eigenvalue weighted by molar-refractivity contribution is -0.187. The van der Waals surface area contributed by atoms with Crippen LogP contribution in [0.4, 0.5) is 0 Å². The smallest absolute Gasteiger partial charge is 0.351 e. The van der Waals surface area contributed by atoms with Crippen LogP contribution in [0.2, 0.25) is 0 Å². The van der Waals surface area contributed by atoms with Crippen molar-refractivity contribution in [1.82, 2.24) is 0 Å². The molecule has 0 spiro atoms. The average molecular weight is 897 g/mol. The van der Waals surface area contributed by atoms with Gasteiger partial charge in [-0.25, -0.2) is 4.79 Å². The van der Waals surface area contributed by atoms with Gasteiger partial charge in [0, 0.05) is 22.1 Å². The van der Waals surface area contributed by atoms with Crippen LogP contribution < -0.4 is 48.8 Å². The van der Waals surface area contributed by atoms with Crippen LogP contribution in [0.25, 0.3) is 22.3 Å². The second-order valence-corrected chi connectivity index (χ2v) is 17.1. The van der Waals surface area contributed by atoms with E-state index in [1.165, 1.54) is 40.6 Å². The first-order chi connectivity index (χ1) is 31.0. The second-order valence-electron chi connectivity index (χ2n) is 17.1. The summed E-state index contributed by atoms with van der Waals surface area (Å²) in [7, 11) is 12.1. The maximum Gasteiger partial charge on any atom is 0.351 e. The maximum absolute atomic E-state index is 13.9. The SMILES string of the molecule is COc1cc2c(c(OC)c1OC)-c1ccc(OC)c(=O)cc1[C@H](O)CC2.COc1cc2c(c(OC)c1OC)-c1ccc(OC)c(=O)cc1[C@H](OC(=O)C13CCC(C)(C(=O)O1)C3(C)C)CC2. The molecule has 1 aliphatic heterocycles. The third-order valence-corrected chi connectivity index (χ3v) is 14.0. The zero-order valence-electron chi connectivity index (χ0n) is 38.7. The van der Waals surface area contributed by atoms with Crippen molar-refractivity contribution in [2.75, 3.05) is 56.9 Å². The van der Waals surface area contributed by atoms with E-state index in [1.807, 2.05) is 32.9 Å². The Hall–Kier alpha value is -6.48. The van der Waals surface area contributed by atoms with Gasteiger partial charge in [-0.15, -0.1) is 0 Å². The Morgan fingerprint density at radius 3 is 1.48 bits per heavy atom. The Morgan fingerprint density at radius 1 is 0.585 bits per heavy atom. The van der Waals surface area contributed by atoms with E-state index in [0.717, 1.165) is 16.7 Å².